The van der Waals surface area contributed by atoms with Crippen LogP contribution in [0.1, 0.15) is 81.2 Å². The lowest BCUT2D eigenvalue weighted by Gasteiger charge is -2.28. The predicted octanol–water partition coefficient (Wildman–Crippen LogP) is 6.11. The van der Waals surface area contributed by atoms with Crippen LogP contribution in [0.15, 0.2) is 18.2 Å². The molecule has 0 saturated carbocycles. The lowest BCUT2D eigenvalue weighted by Crippen LogP contribution is -2.52. The number of nitrogens with two attached hydrogens (primary N) is 1. The molecule has 238 valence electrons. The van der Waals surface area contributed by atoms with Gasteiger partial charge in [0.25, 0.3) is 0 Å². The maximum absolute atomic E-state index is 12.5. The molecule has 42 heavy (non-hydrogen) atoms. The molecule has 0 fully saturated rings. The summed E-state index contributed by atoms with van der Waals surface area (Å²) in [6.07, 6.45) is -5.71. The summed E-state index contributed by atoms with van der Waals surface area (Å²) in [7, 11) is 0. The molecule has 1 rings (SSSR count). The van der Waals surface area contributed by atoms with Gasteiger partial charge in [0, 0.05) is 12.8 Å². The molecule has 0 aliphatic carbocycles. The summed E-state index contributed by atoms with van der Waals surface area (Å²) < 4.78 is 31.6. The Morgan fingerprint density at radius 2 is 1.12 bits per heavy atom. The van der Waals surface area contributed by atoms with Crippen molar-refractivity contribution in [1.82, 2.24) is 0 Å². The summed E-state index contributed by atoms with van der Waals surface area (Å²) in [5, 5.41) is 9.98. The lowest BCUT2D eigenvalue weighted by molar-refractivity contribution is -0.144. The molecule has 0 heterocycles. The first-order valence-corrected chi connectivity index (χ1v) is 14.1. The summed E-state index contributed by atoms with van der Waals surface area (Å²) in [5.41, 5.74) is 4.73. The quantitative estimate of drug-likeness (QED) is 0.143. The number of rotatable bonds is 14. The van der Waals surface area contributed by atoms with Gasteiger partial charge in [-0.1, -0.05) is 47.6 Å². The Bertz CT molecular complexity index is 1070. The van der Waals surface area contributed by atoms with Crippen LogP contribution in [0.5, 0.6) is 11.5 Å². The van der Waals surface area contributed by atoms with Crippen molar-refractivity contribution in [3.8, 4) is 11.5 Å². The van der Waals surface area contributed by atoms with Crippen molar-refractivity contribution in [2.45, 2.75) is 112 Å². The average Bonchev–Trinajstić information content (AvgIpc) is 2.84. The van der Waals surface area contributed by atoms with Crippen molar-refractivity contribution in [1.29, 1.82) is 0 Å². The number of benzene rings is 1. The first-order valence-electron chi connectivity index (χ1n) is 14.1. The van der Waals surface area contributed by atoms with Crippen LogP contribution in [-0.2, 0) is 30.2 Å². The zero-order valence-electron chi connectivity index (χ0n) is 26.3. The van der Waals surface area contributed by atoms with Crippen LogP contribution in [0.3, 0.4) is 0 Å². The molecule has 12 nitrogen and oxygen atoms in total. The maximum Gasteiger partial charge on any atom is 0.514 e. The lowest BCUT2D eigenvalue weighted by atomic mass is 9.86. The van der Waals surface area contributed by atoms with E-state index in [1.54, 1.807) is 20.8 Å². The Kier molecular flexibility index (Phi) is 14.1. The van der Waals surface area contributed by atoms with Gasteiger partial charge >= 0.3 is 24.4 Å². The van der Waals surface area contributed by atoms with Crippen molar-refractivity contribution < 1.29 is 52.7 Å². The number of ether oxygens (including phenoxy) is 6. The third kappa shape index (κ3) is 12.1. The number of hydrogen-bond acceptors (Lipinski definition) is 11. The Balaban J connectivity index is 3.21. The zero-order valence-corrected chi connectivity index (χ0v) is 26.3. The third-order valence-corrected chi connectivity index (χ3v) is 6.95. The number of hydrogen-bond donors (Lipinski definition) is 2. The molecule has 1 aromatic rings. The molecule has 0 aliphatic rings. The minimum Gasteiger partial charge on any atom is -0.480 e. The molecular weight excluding hydrogens is 550 g/mol. The van der Waals surface area contributed by atoms with Crippen molar-refractivity contribution >= 4 is 24.4 Å². The van der Waals surface area contributed by atoms with E-state index in [0.29, 0.717) is 5.56 Å². The molecule has 0 radical (unpaired) electrons. The van der Waals surface area contributed by atoms with Crippen LogP contribution in [0.25, 0.3) is 0 Å². The van der Waals surface area contributed by atoms with Gasteiger partial charge in [0.15, 0.2) is 11.5 Å². The van der Waals surface area contributed by atoms with Gasteiger partial charge in [0.2, 0.25) is 0 Å². The molecule has 0 bridgehead atoms. The van der Waals surface area contributed by atoms with Gasteiger partial charge < -0.3 is 39.3 Å². The standard InChI is InChI=1S/C30H47NO11/c1-16(2)20(8)38-27(34)37-19(7)14-30(31,26(32)33)15-23-11-12-24(41-28(35)39-21(9)17(3)4)25(13-23)42-29(36)40-22(10)18(5)6/h11-13,16-22H,14-15,31H2,1-10H3,(H,32,33)/t19-,20?,21?,22?,30?/m0/s1. The Hall–Kier alpha value is -3.54. The molecule has 0 saturated heterocycles. The van der Waals surface area contributed by atoms with Gasteiger partial charge in [0.05, 0.1) is 0 Å². The Morgan fingerprint density at radius 1 is 0.690 bits per heavy atom. The topological polar surface area (TPSA) is 170 Å². The van der Waals surface area contributed by atoms with E-state index in [2.05, 4.69) is 0 Å². The summed E-state index contributed by atoms with van der Waals surface area (Å²) in [6.45, 7) is 17.9. The van der Waals surface area contributed by atoms with E-state index in [-0.39, 0.29) is 42.1 Å². The number of carboxylic acid groups (broad SMARTS) is 1. The van der Waals surface area contributed by atoms with E-state index in [0.717, 1.165) is 0 Å². The molecule has 0 amide bonds. The Morgan fingerprint density at radius 3 is 1.55 bits per heavy atom. The molecule has 3 N–H and O–H groups in total. The minimum atomic E-state index is -1.89. The zero-order chi connectivity index (χ0) is 32.4. The highest BCUT2D eigenvalue weighted by molar-refractivity contribution is 5.79. The van der Waals surface area contributed by atoms with E-state index in [1.807, 2.05) is 41.5 Å². The average molecular weight is 598 g/mol. The summed E-state index contributed by atoms with van der Waals surface area (Å²) in [5.74, 6) is -1.59. The molecular formula is C30H47NO11. The van der Waals surface area contributed by atoms with Gasteiger partial charge in [0.1, 0.15) is 30.0 Å². The van der Waals surface area contributed by atoms with Crippen LogP contribution >= 0.6 is 0 Å². The number of carboxylic acids is 1. The number of carbonyl (C=O) groups excluding carboxylic acids is 3. The number of carbonyl (C=O) groups is 4. The fourth-order valence-corrected chi connectivity index (χ4v) is 3.26. The van der Waals surface area contributed by atoms with Crippen molar-refractivity contribution in [3.63, 3.8) is 0 Å². The van der Waals surface area contributed by atoms with Crippen LogP contribution in [0.4, 0.5) is 14.4 Å². The third-order valence-electron chi connectivity index (χ3n) is 6.95. The minimum absolute atomic E-state index is 0.00982. The highest BCUT2D eigenvalue weighted by Gasteiger charge is 2.37. The van der Waals surface area contributed by atoms with E-state index in [1.165, 1.54) is 25.1 Å². The van der Waals surface area contributed by atoms with E-state index >= 15 is 0 Å². The molecule has 1 aromatic carbocycles. The molecule has 0 aromatic heterocycles. The second-order valence-electron chi connectivity index (χ2n) is 11.7. The van der Waals surface area contributed by atoms with Crippen LogP contribution in [0.2, 0.25) is 0 Å². The molecule has 0 spiro atoms. The predicted molar refractivity (Wildman–Crippen MR) is 153 cm³/mol. The van der Waals surface area contributed by atoms with E-state index in [9.17, 15) is 24.3 Å². The smallest absolute Gasteiger partial charge is 0.480 e. The second-order valence-corrected chi connectivity index (χ2v) is 11.7. The van der Waals surface area contributed by atoms with Gasteiger partial charge in [-0.3, -0.25) is 4.79 Å². The highest BCUT2D eigenvalue weighted by Crippen LogP contribution is 2.32. The van der Waals surface area contributed by atoms with Gasteiger partial charge in [-0.05, 0) is 63.1 Å². The van der Waals surface area contributed by atoms with Crippen LogP contribution < -0.4 is 15.2 Å². The number of aliphatic carboxylic acids is 1. The normalized spacial score (nSPS) is 15.7. The molecule has 0 aliphatic heterocycles. The fraction of sp³-hybridized carbons (Fsp3) is 0.667. The van der Waals surface area contributed by atoms with Crippen molar-refractivity contribution in [3.05, 3.63) is 23.8 Å². The largest absolute Gasteiger partial charge is 0.514 e. The van der Waals surface area contributed by atoms with Crippen LogP contribution in [0, 0.1) is 17.8 Å². The molecule has 12 heteroatoms. The van der Waals surface area contributed by atoms with E-state index in [4.69, 9.17) is 34.2 Å². The molecule has 5 atom stereocenters. The SMILES string of the molecule is CC(C)C(C)OC(=O)Oc1ccc(CC(N)(C[C@H](C)OC(=O)OC(C)C(C)C)C(=O)O)cc1OC(=O)OC(C)C(C)C. The van der Waals surface area contributed by atoms with Crippen LogP contribution in [-0.4, -0.2) is 59.5 Å². The highest BCUT2D eigenvalue weighted by atomic mass is 16.8. The van der Waals surface area contributed by atoms with Crippen molar-refractivity contribution in [2.24, 2.45) is 23.5 Å². The van der Waals surface area contributed by atoms with Gasteiger partial charge in [-0.15, -0.1) is 0 Å². The van der Waals surface area contributed by atoms with E-state index < -0.39 is 54.4 Å². The Labute approximate surface area is 248 Å². The summed E-state index contributed by atoms with van der Waals surface area (Å²) in [6, 6.07) is 4.13. The summed E-state index contributed by atoms with van der Waals surface area (Å²) >= 11 is 0. The van der Waals surface area contributed by atoms with Gasteiger partial charge in [-0.25, -0.2) is 14.4 Å². The maximum atomic E-state index is 12.5. The second kappa shape index (κ2) is 16.2. The first kappa shape index (κ1) is 36.5. The first-order chi connectivity index (χ1) is 19.3. The monoisotopic (exact) mass is 597 g/mol. The molecule has 4 unspecified atom stereocenters. The summed E-state index contributed by atoms with van der Waals surface area (Å²) in [4.78, 5) is 49.3. The van der Waals surface area contributed by atoms with Gasteiger partial charge in [-0.2, -0.15) is 0 Å². The fourth-order valence-electron chi connectivity index (χ4n) is 3.26. The van der Waals surface area contributed by atoms with Crippen molar-refractivity contribution in [2.75, 3.05) is 0 Å².